The van der Waals surface area contributed by atoms with E-state index in [2.05, 4.69) is 0 Å². The van der Waals surface area contributed by atoms with Gasteiger partial charge in [0.1, 0.15) is 17.2 Å². The van der Waals surface area contributed by atoms with Crippen molar-refractivity contribution in [2.24, 2.45) is 0 Å². The molecule has 0 spiro atoms. The second-order valence-corrected chi connectivity index (χ2v) is 7.74. The van der Waals surface area contributed by atoms with Gasteiger partial charge in [-0.2, -0.15) is 13.2 Å². The number of carbonyl (C=O) groups is 1. The number of aliphatic carboxylic acids is 1. The van der Waals surface area contributed by atoms with Crippen LogP contribution >= 0.6 is 0 Å². The van der Waals surface area contributed by atoms with E-state index in [1.807, 2.05) is 35.9 Å². The average Bonchev–Trinajstić information content (AvgIpc) is 3.14. The molecule has 3 N–H and O–H groups in total. The lowest BCUT2D eigenvalue weighted by Gasteiger charge is -2.17. The molecule has 176 valence electrons. The van der Waals surface area contributed by atoms with Crippen molar-refractivity contribution >= 4 is 22.6 Å². The highest BCUT2D eigenvalue weighted by Crippen LogP contribution is 2.36. The summed E-state index contributed by atoms with van der Waals surface area (Å²) < 4.78 is 46.5. The molecule has 2 aromatic carbocycles. The van der Waals surface area contributed by atoms with Crippen molar-refractivity contribution in [3.8, 4) is 11.5 Å². The van der Waals surface area contributed by atoms with E-state index >= 15 is 0 Å². The van der Waals surface area contributed by atoms with E-state index in [0.717, 1.165) is 22.5 Å². The summed E-state index contributed by atoms with van der Waals surface area (Å²) >= 11 is 0. The van der Waals surface area contributed by atoms with Crippen molar-refractivity contribution in [2.75, 3.05) is 6.61 Å². The predicted molar refractivity (Wildman–Crippen MR) is 118 cm³/mol. The molecule has 6 nitrogen and oxygen atoms in total. The SMILES string of the molecule is CCCc1c(OCCCn2ccc3cc(CC(=O)O)ccc32)ccc(C(=N)C(F)(F)F)c1O. The molecule has 0 radical (unpaired) electrons. The van der Waals surface area contributed by atoms with Crippen LogP contribution in [0.2, 0.25) is 0 Å². The minimum Gasteiger partial charge on any atom is -0.507 e. The third kappa shape index (κ3) is 5.66. The topological polar surface area (TPSA) is 95.5 Å². The smallest absolute Gasteiger partial charge is 0.433 e. The van der Waals surface area contributed by atoms with Crippen LogP contribution in [0.3, 0.4) is 0 Å². The second kappa shape index (κ2) is 9.97. The lowest BCUT2D eigenvalue weighted by Crippen LogP contribution is -2.23. The largest absolute Gasteiger partial charge is 0.507 e. The molecular weight excluding hydrogens is 437 g/mol. The fourth-order valence-corrected chi connectivity index (χ4v) is 3.75. The van der Waals surface area contributed by atoms with E-state index in [9.17, 15) is 23.1 Å². The summed E-state index contributed by atoms with van der Waals surface area (Å²) in [6.07, 6.45) is -1.47. The number of ether oxygens (including phenoxy) is 1. The molecule has 1 heterocycles. The second-order valence-electron chi connectivity index (χ2n) is 7.74. The van der Waals surface area contributed by atoms with Gasteiger partial charge in [-0.3, -0.25) is 10.2 Å². The zero-order valence-electron chi connectivity index (χ0n) is 18.1. The molecule has 0 fully saturated rings. The number of aromatic hydroxyl groups is 1. The Hall–Kier alpha value is -3.49. The van der Waals surface area contributed by atoms with Crippen molar-refractivity contribution in [3.63, 3.8) is 0 Å². The number of benzene rings is 2. The van der Waals surface area contributed by atoms with Crippen molar-refractivity contribution in [2.45, 2.75) is 45.3 Å². The number of fused-ring (bicyclic) bond motifs is 1. The monoisotopic (exact) mass is 462 g/mol. The number of carboxylic acid groups (broad SMARTS) is 1. The maximum atomic E-state index is 12.9. The average molecular weight is 462 g/mol. The minimum atomic E-state index is -4.85. The molecule has 0 saturated heterocycles. The highest BCUT2D eigenvalue weighted by Gasteiger charge is 2.37. The molecule has 33 heavy (non-hydrogen) atoms. The number of aromatic nitrogens is 1. The van der Waals surface area contributed by atoms with Gasteiger partial charge in [0.15, 0.2) is 0 Å². The highest BCUT2D eigenvalue weighted by molar-refractivity contribution is 6.04. The first-order valence-corrected chi connectivity index (χ1v) is 10.5. The van der Waals surface area contributed by atoms with Crippen molar-refractivity contribution in [1.29, 1.82) is 5.41 Å². The molecule has 0 unspecified atom stereocenters. The van der Waals surface area contributed by atoms with Crippen LogP contribution in [0.1, 0.15) is 36.5 Å². The van der Waals surface area contributed by atoms with Crippen LogP contribution in [-0.4, -0.2) is 39.2 Å². The van der Waals surface area contributed by atoms with Crippen molar-refractivity contribution in [3.05, 3.63) is 59.3 Å². The predicted octanol–water partition coefficient (Wildman–Crippen LogP) is 5.33. The van der Waals surface area contributed by atoms with E-state index in [1.54, 1.807) is 6.07 Å². The number of hydrogen-bond donors (Lipinski definition) is 3. The van der Waals surface area contributed by atoms with E-state index in [1.165, 1.54) is 6.07 Å². The Morgan fingerprint density at radius 1 is 1.18 bits per heavy atom. The number of nitrogens with one attached hydrogen (secondary N) is 1. The van der Waals surface area contributed by atoms with E-state index < -0.39 is 29.2 Å². The number of phenols is 1. The summed E-state index contributed by atoms with van der Waals surface area (Å²) in [5.41, 5.74) is -0.194. The molecule has 0 aliphatic heterocycles. The fraction of sp³-hybridized carbons (Fsp3) is 0.333. The summed E-state index contributed by atoms with van der Waals surface area (Å²) in [4.78, 5) is 10.9. The Kier molecular flexibility index (Phi) is 7.30. The maximum absolute atomic E-state index is 12.9. The lowest BCUT2D eigenvalue weighted by molar-refractivity contribution is -0.136. The number of halogens is 3. The standard InChI is InChI=1S/C24H25F3N2O4/c1-2-4-17-20(8-6-18(22(17)32)23(28)24(25,26)27)33-12-3-10-29-11-9-16-13-15(14-21(30)31)5-7-19(16)29/h5-9,11,13,28,32H,2-4,10,12,14H2,1H3,(H,30,31). The summed E-state index contributed by atoms with van der Waals surface area (Å²) in [6.45, 7) is 2.74. The molecule has 3 rings (SSSR count). The molecular formula is C24H25F3N2O4. The Bertz CT molecular complexity index is 1170. The van der Waals surface area contributed by atoms with Crippen molar-refractivity contribution < 1.29 is 32.9 Å². The summed E-state index contributed by atoms with van der Waals surface area (Å²) in [5, 5.41) is 27.6. The molecule has 0 atom stereocenters. The third-order valence-electron chi connectivity index (χ3n) is 5.28. The van der Waals surface area contributed by atoms with Gasteiger partial charge < -0.3 is 19.5 Å². The Labute approximate surface area is 188 Å². The van der Waals surface area contributed by atoms with Crippen LogP contribution in [0, 0.1) is 5.41 Å². The highest BCUT2D eigenvalue weighted by atomic mass is 19.4. The Morgan fingerprint density at radius 3 is 2.61 bits per heavy atom. The minimum absolute atomic E-state index is 0.0386. The van der Waals surface area contributed by atoms with E-state index in [-0.39, 0.29) is 18.6 Å². The molecule has 0 aliphatic rings. The normalized spacial score (nSPS) is 11.6. The molecule has 1 aromatic heterocycles. The molecule has 0 amide bonds. The molecule has 3 aromatic rings. The first-order chi connectivity index (χ1) is 15.6. The van der Waals surface area contributed by atoms with Gasteiger partial charge in [0.25, 0.3) is 0 Å². The molecule has 0 saturated carbocycles. The Morgan fingerprint density at radius 2 is 1.94 bits per heavy atom. The zero-order valence-corrected chi connectivity index (χ0v) is 18.1. The molecule has 9 heteroatoms. The van der Waals surface area contributed by atoms with Gasteiger partial charge in [-0.15, -0.1) is 0 Å². The van der Waals surface area contributed by atoms with Gasteiger partial charge in [0.05, 0.1) is 13.0 Å². The first kappa shape index (κ1) is 24.2. The van der Waals surface area contributed by atoms with Gasteiger partial charge in [-0.05, 0) is 54.1 Å². The number of nitrogens with zero attached hydrogens (tertiary/aromatic N) is 1. The number of aryl methyl sites for hydroxylation is 1. The van der Waals surface area contributed by atoms with E-state index in [0.29, 0.717) is 31.6 Å². The van der Waals surface area contributed by atoms with Crippen LogP contribution in [-0.2, 0) is 24.2 Å². The first-order valence-electron chi connectivity index (χ1n) is 10.5. The van der Waals surface area contributed by atoms with Crippen LogP contribution in [0.5, 0.6) is 11.5 Å². The number of alkyl halides is 3. The van der Waals surface area contributed by atoms with Crippen LogP contribution < -0.4 is 4.74 Å². The van der Waals surface area contributed by atoms with E-state index in [4.69, 9.17) is 15.3 Å². The molecule has 0 bridgehead atoms. The number of hydrogen-bond acceptors (Lipinski definition) is 4. The number of carboxylic acids is 1. The fourth-order valence-electron chi connectivity index (χ4n) is 3.75. The number of rotatable bonds is 10. The maximum Gasteiger partial charge on any atom is 0.433 e. The lowest BCUT2D eigenvalue weighted by atomic mass is 10.00. The van der Waals surface area contributed by atoms with Crippen LogP contribution in [0.15, 0.2) is 42.6 Å². The van der Waals surface area contributed by atoms with Crippen molar-refractivity contribution in [1.82, 2.24) is 4.57 Å². The van der Waals surface area contributed by atoms with Gasteiger partial charge in [0.2, 0.25) is 0 Å². The van der Waals surface area contributed by atoms with Gasteiger partial charge in [0, 0.05) is 29.4 Å². The zero-order chi connectivity index (χ0) is 24.2. The molecule has 0 aliphatic carbocycles. The summed E-state index contributed by atoms with van der Waals surface area (Å²) in [7, 11) is 0. The quantitative estimate of drug-likeness (QED) is 0.281. The Balaban J connectivity index is 1.67. The summed E-state index contributed by atoms with van der Waals surface area (Å²) in [5.74, 6) is -1.14. The van der Waals surface area contributed by atoms with Gasteiger partial charge >= 0.3 is 12.1 Å². The number of phenolic OH excluding ortho intramolecular Hbond substituents is 1. The van der Waals surface area contributed by atoms with Crippen LogP contribution in [0.25, 0.3) is 10.9 Å². The van der Waals surface area contributed by atoms with Gasteiger partial charge in [-0.25, -0.2) is 0 Å². The summed E-state index contributed by atoms with van der Waals surface area (Å²) in [6, 6.07) is 9.84. The van der Waals surface area contributed by atoms with Gasteiger partial charge in [-0.1, -0.05) is 19.4 Å². The van der Waals surface area contributed by atoms with Crippen LogP contribution in [0.4, 0.5) is 13.2 Å². The third-order valence-corrected chi connectivity index (χ3v) is 5.28.